The maximum absolute atomic E-state index is 11.3. The van der Waals surface area contributed by atoms with Crippen molar-refractivity contribution >= 4 is 11.9 Å². The Morgan fingerprint density at radius 2 is 2.29 bits per heavy atom. The monoisotopic (exact) mass is 197 g/mol. The van der Waals surface area contributed by atoms with E-state index in [1.54, 1.807) is 6.08 Å². The maximum atomic E-state index is 11.3. The van der Waals surface area contributed by atoms with E-state index in [0.717, 1.165) is 6.42 Å². The molecule has 4 nitrogen and oxygen atoms in total. The van der Waals surface area contributed by atoms with Crippen molar-refractivity contribution in [2.24, 2.45) is 0 Å². The zero-order valence-corrected chi connectivity index (χ0v) is 8.32. The van der Waals surface area contributed by atoms with E-state index in [1.165, 1.54) is 11.8 Å². The topological polar surface area (TPSA) is 57.6 Å². The molecule has 1 heterocycles. The summed E-state index contributed by atoms with van der Waals surface area (Å²) < 4.78 is 0. The van der Waals surface area contributed by atoms with Crippen LogP contribution in [0.1, 0.15) is 26.2 Å². The zero-order chi connectivity index (χ0) is 10.8. The number of nitrogens with zero attached hydrogens (tertiary/aromatic N) is 1. The van der Waals surface area contributed by atoms with Crippen LogP contribution in [0.5, 0.6) is 0 Å². The summed E-state index contributed by atoms with van der Waals surface area (Å²) in [5, 5.41) is 9.17. The summed E-state index contributed by atoms with van der Waals surface area (Å²) in [4.78, 5) is 23.9. The number of carboxylic acid groups (broad SMARTS) is 1. The first-order chi connectivity index (χ1) is 6.54. The molecule has 0 radical (unpaired) electrons. The van der Waals surface area contributed by atoms with Crippen molar-refractivity contribution in [3.63, 3.8) is 0 Å². The van der Waals surface area contributed by atoms with Crippen molar-refractivity contribution in [3.05, 3.63) is 12.7 Å². The van der Waals surface area contributed by atoms with Gasteiger partial charge in [0.2, 0.25) is 5.91 Å². The van der Waals surface area contributed by atoms with Gasteiger partial charge in [0, 0.05) is 13.5 Å². The number of hydrogen-bond acceptors (Lipinski definition) is 2. The Labute approximate surface area is 83.2 Å². The number of aliphatic carboxylic acids is 1. The van der Waals surface area contributed by atoms with Crippen molar-refractivity contribution in [1.29, 1.82) is 0 Å². The van der Waals surface area contributed by atoms with Crippen LogP contribution in [0.25, 0.3) is 0 Å². The number of amides is 1. The van der Waals surface area contributed by atoms with Crippen LogP contribution < -0.4 is 0 Å². The molecule has 78 valence electrons. The van der Waals surface area contributed by atoms with Crippen LogP contribution in [0, 0.1) is 0 Å². The highest BCUT2D eigenvalue weighted by Gasteiger charge is 2.47. The molecule has 14 heavy (non-hydrogen) atoms. The fourth-order valence-corrected chi connectivity index (χ4v) is 2.10. The van der Waals surface area contributed by atoms with E-state index in [-0.39, 0.29) is 5.91 Å². The Morgan fingerprint density at radius 1 is 1.64 bits per heavy atom. The Bertz CT molecular complexity index is 275. The fourth-order valence-electron chi connectivity index (χ4n) is 2.10. The highest BCUT2D eigenvalue weighted by atomic mass is 16.4. The van der Waals surface area contributed by atoms with Gasteiger partial charge in [-0.05, 0) is 19.3 Å². The molecular weight excluding hydrogens is 182 g/mol. The van der Waals surface area contributed by atoms with Crippen molar-refractivity contribution in [3.8, 4) is 0 Å². The molecule has 0 spiro atoms. The molecule has 0 aliphatic carbocycles. The minimum Gasteiger partial charge on any atom is -0.479 e. The maximum Gasteiger partial charge on any atom is 0.329 e. The van der Waals surface area contributed by atoms with Crippen molar-refractivity contribution in [2.75, 3.05) is 6.54 Å². The highest BCUT2D eigenvalue weighted by Crippen LogP contribution is 2.33. The Kier molecular flexibility index (Phi) is 2.93. The number of carboxylic acids is 1. The van der Waals surface area contributed by atoms with E-state index in [9.17, 15) is 14.7 Å². The molecular formula is C10H15NO3. The molecule has 0 aromatic carbocycles. The third-order valence-electron chi connectivity index (χ3n) is 2.75. The van der Waals surface area contributed by atoms with Gasteiger partial charge in [0.15, 0.2) is 0 Å². The van der Waals surface area contributed by atoms with Crippen LogP contribution in [0.3, 0.4) is 0 Å². The molecule has 0 aromatic heterocycles. The van der Waals surface area contributed by atoms with E-state index >= 15 is 0 Å². The third-order valence-corrected chi connectivity index (χ3v) is 2.75. The molecule has 1 atom stereocenters. The predicted octanol–water partition coefficient (Wildman–Crippen LogP) is 1.03. The van der Waals surface area contributed by atoms with Crippen LogP contribution >= 0.6 is 0 Å². The molecule has 1 fully saturated rings. The normalized spacial score (nSPS) is 26.2. The lowest BCUT2D eigenvalue weighted by Gasteiger charge is -2.33. The lowest BCUT2D eigenvalue weighted by molar-refractivity contribution is -0.155. The molecule has 4 heteroatoms. The van der Waals surface area contributed by atoms with Crippen molar-refractivity contribution in [1.82, 2.24) is 4.90 Å². The van der Waals surface area contributed by atoms with Gasteiger partial charge in [-0.15, -0.1) is 6.58 Å². The number of rotatable bonds is 3. The predicted molar refractivity (Wildman–Crippen MR) is 51.8 cm³/mol. The summed E-state index contributed by atoms with van der Waals surface area (Å²) in [5.41, 5.74) is -1.03. The molecule has 1 saturated heterocycles. The van der Waals surface area contributed by atoms with Gasteiger partial charge in [-0.3, -0.25) is 4.79 Å². The van der Waals surface area contributed by atoms with E-state index < -0.39 is 11.5 Å². The molecule has 1 rings (SSSR count). The summed E-state index contributed by atoms with van der Waals surface area (Å²) in [6.45, 7) is 5.49. The van der Waals surface area contributed by atoms with E-state index in [4.69, 9.17) is 0 Å². The van der Waals surface area contributed by atoms with Gasteiger partial charge in [0.1, 0.15) is 5.54 Å². The van der Waals surface area contributed by atoms with Gasteiger partial charge in [0.25, 0.3) is 0 Å². The Balaban J connectivity index is 3.00. The molecule has 0 aromatic rings. The number of hydrogen-bond donors (Lipinski definition) is 1. The SMILES string of the molecule is C=CC[C@@]1(C(=O)O)CCCN1C(C)=O. The third kappa shape index (κ3) is 1.52. The Hall–Kier alpha value is -1.32. The second-order valence-electron chi connectivity index (χ2n) is 3.60. The standard InChI is InChI=1S/C10H15NO3/c1-3-5-10(9(13)14)6-4-7-11(10)8(2)12/h3H,1,4-7H2,2H3,(H,13,14)/t10-/m0/s1. The summed E-state index contributed by atoms with van der Waals surface area (Å²) in [6, 6.07) is 0. The minimum atomic E-state index is -1.03. The second kappa shape index (κ2) is 3.82. The fraction of sp³-hybridized carbons (Fsp3) is 0.600. The van der Waals surface area contributed by atoms with Crippen molar-refractivity contribution in [2.45, 2.75) is 31.7 Å². The molecule has 1 aliphatic rings. The highest BCUT2D eigenvalue weighted by molar-refractivity contribution is 5.87. The number of likely N-dealkylation sites (tertiary alicyclic amines) is 1. The molecule has 1 aliphatic heterocycles. The smallest absolute Gasteiger partial charge is 0.329 e. The molecule has 0 unspecified atom stereocenters. The number of carbonyl (C=O) groups excluding carboxylic acids is 1. The largest absolute Gasteiger partial charge is 0.479 e. The molecule has 1 N–H and O–H groups in total. The van der Waals surface area contributed by atoms with Crippen LogP contribution in [-0.4, -0.2) is 34.0 Å². The summed E-state index contributed by atoms with van der Waals surface area (Å²) in [5.74, 6) is -1.10. The first-order valence-electron chi connectivity index (χ1n) is 4.67. The van der Waals surface area contributed by atoms with Crippen LogP contribution in [-0.2, 0) is 9.59 Å². The van der Waals surface area contributed by atoms with Gasteiger partial charge in [0.05, 0.1) is 0 Å². The van der Waals surface area contributed by atoms with Crippen LogP contribution in [0.15, 0.2) is 12.7 Å². The summed E-state index contributed by atoms with van der Waals surface area (Å²) in [6.07, 6.45) is 3.16. The van der Waals surface area contributed by atoms with Gasteiger partial charge in [-0.25, -0.2) is 4.79 Å². The first kappa shape index (κ1) is 10.8. The quantitative estimate of drug-likeness (QED) is 0.687. The second-order valence-corrected chi connectivity index (χ2v) is 3.60. The average molecular weight is 197 g/mol. The van der Waals surface area contributed by atoms with Crippen molar-refractivity contribution < 1.29 is 14.7 Å². The summed E-state index contributed by atoms with van der Waals surface area (Å²) >= 11 is 0. The van der Waals surface area contributed by atoms with E-state index in [0.29, 0.717) is 19.4 Å². The first-order valence-corrected chi connectivity index (χ1v) is 4.67. The van der Waals surface area contributed by atoms with E-state index in [1.807, 2.05) is 0 Å². The Morgan fingerprint density at radius 3 is 2.71 bits per heavy atom. The number of carbonyl (C=O) groups is 2. The van der Waals surface area contributed by atoms with E-state index in [2.05, 4.69) is 6.58 Å². The molecule has 0 saturated carbocycles. The minimum absolute atomic E-state index is 0.174. The molecule has 1 amide bonds. The van der Waals surface area contributed by atoms with Gasteiger partial charge >= 0.3 is 5.97 Å². The van der Waals surface area contributed by atoms with Crippen LogP contribution in [0.4, 0.5) is 0 Å². The summed E-state index contributed by atoms with van der Waals surface area (Å²) in [7, 11) is 0. The van der Waals surface area contributed by atoms with Gasteiger partial charge in [-0.1, -0.05) is 6.08 Å². The zero-order valence-electron chi connectivity index (χ0n) is 8.32. The average Bonchev–Trinajstić information content (AvgIpc) is 2.50. The lowest BCUT2D eigenvalue weighted by Crippen LogP contribution is -2.52. The van der Waals surface area contributed by atoms with Crippen LogP contribution in [0.2, 0.25) is 0 Å². The van der Waals surface area contributed by atoms with Gasteiger partial charge in [-0.2, -0.15) is 0 Å². The molecule has 0 bridgehead atoms. The lowest BCUT2D eigenvalue weighted by atomic mass is 9.92. The van der Waals surface area contributed by atoms with Gasteiger partial charge < -0.3 is 10.0 Å².